The summed E-state index contributed by atoms with van der Waals surface area (Å²) < 4.78 is 5.97. The first-order chi connectivity index (χ1) is 11.6. The molecule has 122 valence electrons. The second-order valence-electron chi connectivity index (χ2n) is 6.38. The summed E-state index contributed by atoms with van der Waals surface area (Å²) >= 11 is 0. The Bertz CT molecular complexity index is 912. The van der Waals surface area contributed by atoms with E-state index < -0.39 is 5.41 Å². The molecule has 0 aliphatic heterocycles. The number of carbonyl (C=O) groups excluding carboxylic acids is 1. The topological polar surface area (TPSA) is 80.8 Å². The molecule has 1 N–H and O–H groups in total. The summed E-state index contributed by atoms with van der Waals surface area (Å²) in [5.41, 5.74) is 3.08. The first kappa shape index (κ1) is 14.8. The highest BCUT2D eigenvalue weighted by molar-refractivity contribution is 5.89. The van der Waals surface area contributed by atoms with Crippen molar-refractivity contribution >= 4 is 16.8 Å². The van der Waals surface area contributed by atoms with Gasteiger partial charge in [0, 0.05) is 30.8 Å². The van der Waals surface area contributed by atoms with Gasteiger partial charge in [0.05, 0.1) is 17.1 Å². The fourth-order valence-electron chi connectivity index (χ4n) is 3.54. The van der Waals surface area contributed by atoms with Gasteiger partial charge in [-0.1, -0.05) is 6.07 Å². The van der Waals surface area contributed by atoms with Crippen molar-refractivity contribution in [3.8, 4) is 5.88 Å². The number of hydrogen-bond donors (Lipinski definition) is 1. The van der Waals surface area contributed by atoms with E-state index in [4.69, 9.17) is 4.74 Å². The molecule has 1 fully saturated rings. The first-order valence-corrected chi connectivity index (χ1v) is 7.98. The molecule has 3 heterocycles. The number of nitrogens with one attached hydrogen (secondary N) is 1. The van der Waals surface area contributed by atoms with Gasteiger partial charge in [0.2, 0.25) is 5.88 Å². The van der Waals surface area contributed by atoms with Gasteiger partial charge in [-0.2, -0.15) is 5.10 Å². The van der Waals surface area contributed by atoms with E-state index in [1.807, 2.05) is 31.2 Å². The maximum Gasteiger partial charge on any atom is 0.214 e. The number of pyridine rings is 2. The molecular formula is C18H18N4O2. The average Bonchev–Trinajstić information content (AvgIpc) is 2.98. The lowest BCUT2D eigenvalue weighted by Gasteiger charge is -2.46. The lowest BCUT2D eigenvalue weighted by molar-refractivity contribution is -0.129. The molecule has 24 heavy (non-hydrogen) atoms. The van der Waals surface area contributed by atoms with E-state index in [2.05, 4.69) is 20.2 Å². The lowest BCUT2D eigenvalue weighted by atomic mass is 9.60. The van der Waals surface area contributed by atoms with Crippen molar-refractivity contribution in [2.75, 3.05) is 0 Å². The zero-order valence-electron chi connectivity index (χ0n) is 13.6. The molecule has 6 nitrogen and oxygen atoms in total. The quantitative estimate of drug-likeness (QED) is 0.799. The third-order valence-electron chi connectivity index (χ3n) is 4.91. The van der Waals surface area contributed by atoms with E-state index >= 15 is 0 Å². The van der Waals surface area contributed by atoms with Gasteiger partial charge in [0.1, 0.15) is 17.4 Å². The molecule has 1 aliphatic rings. The number of aromatic amines is 1. The van der Waals surface area contributed by atoms with Crippen LogP contribution in [0.2, 0.25) is 0 Å². The second kappa shape index (κ2) is 5.40. The van der Waals surface area contributed by atoms with Gasteiger partial charge in [-0.25, -0.2) is 4.98 Å². The van der Waals surface area contributed by atoms with Crippen LogP contribution in [0.5, 0.6) is 5.88 Å². The fourth-order valence-corrected chi connectivity index (χ4v) is 3.54. The smallest absolute Gasteiger partial charge is 0.214 e. The fraction of sp³-hybridized carbons (Fsp3) is 0.333. The highest BCUT2D eigenvalue weighted by Gasteiger charge is 2.51. The number of rotatable bonds is 4. The number of ether oxygens (including phenoxy) is 1. The Kier molecular flexibility index (Phi) is 3.33. The Morgan fingerprint density at radius 1 is 1.33 bits per heavy atom. The molecule has 0 spiro atoms. The van der Waals surface area contributed by atoms with Crippen LogP contribution in [0.15, 0.2) is 36.7 Å². The molecule has 0 atom stereocenters. The average molecular weight is 322 g/mol. The van der Waals surface area contributed by atoms with E-state index in [1.54, 1.807) is 19.3 Å². The first-order valence-electron chi connectivity index (χ1n) is 7.98. The van der Waals surface area contributed by atoms with Crippen molar-refractivity contribution in [3.63, 3.8) is 0 Å². The maximum atomic E-state index is 12.3. The predicted molar refractivity (Wildman–Crippen MR) is 88.9 cm³/mol. The Labute approximate surface area is 139 Å². The molecular weight excluding hydrogens is 304 g/mol. The van der Waals surface area contributed by atoms with E-state index in [9.17, 15) is 4.79 Å². The van der Waals surface area contributed by atoms with Crippen LogP contribution < -0.4 is 4.74 Å². The largest absolute Gasteiger partial charge is 0.474 e. The number of Topliss-reactive ketones (excluding diaryl/α,β-unsaturated/α-hetero) is 1. The molecule has 0 bridgehead atoms. The number of hydrogen-bond acceptors (Lipinski definition) is 5. The number of ketones is 1. The summed E-state index contributed by atoms with van der Waals surface area (Å²) in [6.45, 7) is 3.60. The summed E-state index contributed by atoms with van der Waals surface area (Å²) in [7, 11) is 0. The summed E-state index contributed by atoms with van der Waals surface area (Å²) in [6.07, 6.45) is 4.70. The predicted octanol–water partition coefficient (Wildman–Crippen LogP) is 2.73. The number of nitrogens with zero attached hydrogens (tertiary/aromatic N) is 3. The Balaban J connectivity index is 1.54. The SMILES string of the molecule is CC(=O)C1(c2cccnc2C)CC(Oc2ccc3[nH]ncc3n2)C1. The van der Waals surface area contributed by atoms with Crippen molar-refractivity contribution in [2.24, 2.45) is 0 Å². The zero-order valence-corrected chi connectivity index (χ0v) is 13.6. The van der Waals surface area contributed by atoms with Crippen LogP contribution in [0.25, 0.3) is 11.0 Å². The number of aryl methyl sites for hydroxylation is 1. The summed E-state index contributed by atoms with van der Waals surface area (Å²) in [4.78, 5) is 21.1. The normalized spacial score (nSPS) is 23.0. The monoisotopic (exact) mass is 322 g/mol. The molecule has 1 aliphatic carbocycles. The molecule has 1 saturated carbocycles. The maximum absolute atomic E-state index is 12.3. The van der Waals surface area contributed by atoms with Gasteiger partial charge in [-0.15, -0.1) is 0 Å². The van der Waals surface area contributed by atoms with Gasteiger partial charge >= 0.3 is 0 Å². The van der Waals surface area contributed by atoms with Gasteiger partial charge in [-0.3, -0.25) is 14.9 Å². The lowest BCUT2D eigenvalue weighted by Crippen LogP contribution is -2.52. The van der Waals surface area contributed by atoms with Crippen molar-refractivity contribution in [2.45, 2.75) is 38.2 Å². The van der Waals surface area contributed by atoms with Crippen LogP contribution in [-0.4, -0.2) is 32.1 Å². The summed E-state index contributed by atoms with van der Waals surface area (Å²) in [5.74, 6) is 0.727. The molecule has 3 aromatic rings. The summed E-state index contributed by atoms with van der Waals surface area (Å²) in [6, 6.07) is 7.60. The van der Waals surface area contributed by atoms with Crippen LogP contribution in [0.3, 0.4) is 0 Å². The van der Waals surface area contributed by atoms with Crippen molar-refractivity contribution in [1.29, 1.82) is 0 Å². The minimum Gasteiger partial charge on any atom is -0.474 e. The van der Waals surface area contributed by atoms with Gasteiger partial charge < -0.3 is 4.74 Å². The summed E-state index contributed by atoms with van der Waals surface area (Å²) in [5, 5.41) is 6.82. The molecule has 0 saturated heterocycles. The van der Waals surface area contributed by atoms with Crippen LogP contribution in [0.4, 0.5) is 0 Å². The molecule has 0 radical (unpaired) electrons. The van der Waals surface area contributed by atoms with Crippen molar-refractivity contribution in [1.82, 2.24) is 20.2 Å². The minimum atomic E-state index is -0.483. The molecule has 4 rings (SSSR count). The molecule has 6 heteroatoms. The minimum absolute atomic E-state index is 0.0228. The third-order valence-corrected chi connectivity index (χ3v) is 4.91. The van der Waals surface area contributed by atoms with Crippen LogP contribution in [0, 0.1) is 6.92 Å². The second-order valence-corrected chi connectivity index (χ2v) is 6.38. The van der Waals surface area contributed by atoms with Crippen LogP contribution in [-0.2, 0) is 10.2 Å². The van der Waals surface area contributed by atoms with Gasteiger partial charge in [0.15, 0.2) is 0 Å². The highest BCUT2D eigenvalue weighted by atomic mass is 16.5. The van der Waals surface area contributed by atoms with Crippen molar-refractivity contribution in [3.05, 3.63) is 47.9 Å². The van der Waals surface area contributed by atoms with Gasteiger partial charge in [0.25, 0.3) is 0 Å². The number of fused-ring (bicyclic) bond motifs is 1. The number of carbonyl (C=O) groups is 1. The Morgan fingerprint density at radius 2 is 2.17 bits per heavy atom. The standard InChI is InChI=1S/C18H18N4O2/c1-11-14(4-3-7-19-11)18(12(2)23)8-13(9-18)24-17-6-5-15-16(21-17)10-20-22-15/h3-7,10,13H,8-9H2,1-2H3,(H,20,22). The zero-order chi connectivity index (χ0) is 16.7. The van der Waals surface area contributed by atoms with E-state index in [-0.39, 0.29) is 11.9 Å². The van der Waals surface area contributed by atoms with Crippen molar-refractivity contribution < 1.29 is 9.53 Å². The molecule has 0 unspecified atom stereocenters. The van der Waals surface area contributed by atoms with E-state index in [0.29, 0.717) is 18.7 Å². The Hall–Kier alpha value is -2.76. The molecule has 0 aromatic carbocycles. The molecule has 0 amide bonds. The van der Waals surface area contributed by atoms with Gasteiger partial charge in [-0.05, 0) is 31.5 Å². The van der Waals surface area contributed by atoms with E-state index in [0.717, 1.165) is 22.3 Å². The van der Waals surface area contributed by atoms with Crippen LogP contribution >= 0.6 is 0 Å². The number of aromatic nitrogens is 4. The third kappa shape index (κ3) is 2.26. The Morgan fingerprint density at radius 3 is 2.92 bits per heavy atom. The molecule has 3 aromatic heterocycles. The van der Waals surface area contributed by atoms with Crippen LogP contribution in [0.1, 0.15) is 31.0 Å². The highest BCUT2D eigenvalue weighted by Crippen LogP contribution is 2.46. The number of H-pyrrole nitrogens is 1. The van der Waals surface area contributed by atoms with E-state index in [1.165, 1.54) is 0 Å².